The maximum absolute atomic E-state index is 12.0. The van der Waals surface area contributed by atoms with Gasteiger partial charge in [-0.15, -0.1) is 0 Å². The monoisotopic (exact) mass is 306 g/mol. The van der Waals surface area contributed by atoms with E-state index >= 15 is 0 Å². The maximum Gasteiger partial charge on any atom is 0.182 e. The van der Waals surface area contributed by atoms with E-state index in [2.05, 4.69) is 5.10 Å². The van der Waals surface area contributed by atoms with Crippen molar-refractivity contribution in [3.05, 3.63) is 66.4 Å². The molecule has 0 amide bonds. The van der Waals surface area contributed by atoms with Gasteiger partial charge < -0.3 is 4.74 Å². The molecule has 0 saturated heterocycles. The topological polar surface area (TPSA) is 44.1 Å². The summed E-state index contributed by atoms with van der Waals surface area (Å²) in [5, 5.41) is 4.51. The SMILES string of the molecule is CCC(=O)c1cc(-c2ccc(OC)cc2)n(-c2ccccc2)n1. The van der Waals surface area contributed by atoms with E-state index in [-0.39, 0.29) is 5.78 Å². The van der Waals surface area contributed by atoms with Crippen molar-refractivity contribution < 1.29 is 9.53 Å². The van der Waals surface area contributed by atoms with Crippen LogP contribution in [0.4, 0.5) is 0 Å². The van der Waals surface area contributed by atoms with E-state index in [4.69, 9.17) is 4.74 Å². The molecular formula is C19H18N2O2. The number of Topliss-reactive ketones (excluding diaryl/α,β-unsaturated/α-hetero) is 1. The number of hydrogen-bond donors (Lipinski definition) is 0. The van der Waals surface area contributed by atoms with E-state index in [1.54, 1.807) is 7.11 Å². The number of ether oxygens (including phenoxy) is 1. The van der Waals surface area contributed by atoms with Crippen molar-refractivity contribution in [1.82, 2.24) is 9.78 Å². The van der Waals surface area contributed by atoms with Gasteiger partial charge in [-0.1, -0.05) is 25.1 Å². The molecule has 116 valence electrons. The Bertz CT molecular complexity index is 805. The lowest BCUT2D eigenvalue weighted by molar-refractivity contribution is 0.0983. The normalized spacial score (nSPS) is 10.5. The van der Waals surface area contributed by atoms with Crippen LogP contribution in [0, 0.1) is 0 Å². The molecule has 0 radical (unpaired) electrons. The van der Waals surface area contributed by atoms with Gasteiger partial charge >= 0.3 is 0 Å². The predicted molar refractivity (Wildman–Crippen MR) is 90.2 cm³/mol. The lowest BCUT2D eigenvalue weighted by atomic mass is 10.1. The average Bonchev–Trinajstić information content (AvgIpc) is 3.07. The summed E-state index contributed by atoms with van der Waals surface area (Å²) in [7, 11) is 1.64. The molecule has 2 aromatic carbocycles. The molecule has 0 N–H and O–H groups in total. The van der Waals surface area contributed by atoms with E-state index in [0.29, 0.717) is 12.1 Å². The summed E-state index contributed by atoms with van der Waals surface area (Å²) in [6.45, 7) is 1.84. The highest BCUT2D eigenvalue weighted by Crippen LogP contribution is 2.26. The third-order valence-corrected chi connectivity index (χ3v) is 3.70. The van der Waals surface area contributed by atoms with Crippen LogP contribution in [0.5, 0.6) is 5.75 Å². The Balaban J connectivity index is 2.13. The first-order valence-electron chi connectivity index (χ1n) is 7.56. The minimum atomic E-state index is 0.0365. The molecule has 0 aliphatic rings. The van der Waals surface area contributed by atoms with Crippen molar-refractivity contribution in [3.8, 4) is 22.7 Å². The number of hydrogen-bond acceptors (Lipinski definition) is 3. The number of benzene rings is 2. The number of para-hydroxylation sites is 1. The molecule has 3 aromatic rings. The van der Waals surface area contributed by atoms with Gasteiger partial charge in [0, 0.05) is 12.0 Å². The third-order valence-electron chi connectivity index (χ3n) is 3.70. The van der Waals surface area contributed by atoms with Gasteiger partial charge in [0.05, 0.1) is 18.5 Å². The molecule has 0 spiro atoms. The molecule has 0 unspecified atom stereocenters. The molecule has 4 nitrogen and oxygen atoms in total. The number of carbonyl (C=O) groups is 1. The van der Waals surface area contributed by atoms with Crippen molar-refractivity contribution in [1.29, 1.82) is 0 Å². The van der Waals surface area contributed by atoms with E-state index < -0.39 is 0 Å². The van der Waals surface area contributed by atoms with E-state index in [1.807, 2.05) is 72.3 Å². The van der Waals surface area contributed by atoms with Crippen LogP contribution in [0.1, 0.15) is 23.8 Å². The van der Waals surface area contributed by atoms with Crippen LogP contribution in [-0.2, 0) is 0 Å². The molecule has 0 aliphatic carbocycles. The molecule has 3 rings (SSSR count). The van der Waals surface area contributed by atoms with Crippen LogP contribution < -0.4 is 4.74 Å². The molecule has 1 heterocycles. The summed E-state index contributed by atoms with van der Waals surface area (Å²) in [6, 6.07) is 19.4. The van der Waals surface area contributed by atoms with Crippen LogP contribution in [-0.4, -0.2) is 22.7 Å². The predicted octanol–water partition coefficient (Wildman–Crippen LogP) is 4.14. The zero-order chi connectivity index (χ0) is 16.2. The van der Waals surface area contributed by atoms with Gasteiger partial charge in [-0.05, 0) is 42.5 Å². The van der Waals surface area contributed by atoms with Gasteiger partial charge in [0.1, 0.15) is 11.4 Å². The summed E-state index contributed by atoms with van der Waals surface area (Å²) >= 11 is 0. The summed E-state index contributed by atoms with van der Waals surface area (Å²) in [4.78, 5) is 12.0. The number of rotatable bonds is 5. The van der Waals surface area contributed by atoms with Gasteiger partial charge in [0.2, 0.25) is 0 Å². The first-order valence-corrected chi connectivity index (χ1v) is 7.56. The van der Waals surface area contributed by atoms with Gasteiger partial charge in [-0.3, -0.25) is 4.79 Å². The Morgan fingerprint density at radius 2 is 1.78 bits per heavy atom. The Labute approximate surface area is 135 Å². The summed E-state index contributed by atoms with van der Waals surface area (Å²) < 4.78 is 7.01. The van der Waals surface area contributed by atoms with E-state index in [0.717, 1.165) is 22.7 Å². The Morgan fingerprint density at radius 3 is 2.39 bits per heavy atom. The van der Waals surface area contributed by atoms with Gasteiger partial charge in [-0.2, -0.15) is 5.10 Å². The lowest BCUT2D eigenvalue weighted by Gasteiger charge is -2.08. The highest BCUT2D eigenvalue weighted by atomic mass is 16.5. The van der Waals surface area contributed by atoms with Crippen molar-refractivity contribution >= 4 is 5.78 Å². The van der Waals surface area contributed by atoms with Crippen LogP contribution in [0.25, 0.3) is 16.9 Å². The molecule has 0 fully saturated rings. The fourth-order valence-corrected chi connectivity index (χ4v) is 2.43. The largest absolute Gasteiger partial charge is 0.497 e. The number of nitrogens with zero attached hydrogens (tertiary/aromatic N) is 2. The zero-order valence-electron chi connectivity index (χ0n) is 13.2. The molecule has 4 heteroatoms. The second-order valence-electron chi connectivity index (χ2n) is 5.17. The fourth-order valence-electron chi connectivity index (χ4n) is 2.43. The molecule has 0 saturated carbocycles. The second-order valence-corrected chi connectivity index (χ2v) is 5.17. The average molecular weight is 306 g/mol. The first kappa shape index (κ1) is 15.0. The summed E-state index contributed by atoms with van der Waals surface area (Å²) in [5.41, 5.74) is 3.28. The standard InChI is InChI=1S/C19H18N2O2/c1-3-19(22)17-13-18(14-9-11-16(23-2)12-10-14)21(20-17)15-7-5-4-6-8-15/h4-13H,3H2,1-2H3. The van der Waals surface area contributed by atoms with Crippen molar-refractivity contribution in [2.45, 2.75) is 13.3 Å². The first-order chi connectivity index (χ1) is 11.2. The lowest BCUT2D eigenvalue weighted by Crippen LogP contribution is -2.02. The van der Waals surface area contributed by atoms with Crippen LogP contribution in [0.2, 0.25) is 0 Å². The molecular weight excluding hydrogens is 288 g/mol. The van der Waals surface area contributed by atoms with Crippen molar-refractivity contribution in [2.24, 2.45) is 0 Å². The number of carbonyl (C=O) groups excluding carboxylic acids is 1. The minimum absolute atomic E-state index is 0.0365. The number of aromatic nitrogens is 2. The zero-order valence-corrected chi connectivity index (χ0v) is 13.2. The smallest absolute Gasteiger partial charge is 0.182 e. The molecule has 0 aliphatic heterocycles. The van der Waals surface area contributed by atoms with Gasteiger partial charge in [-0.25, -0.2) is 4.68 Å². The molecule has 0 bridgehead atoms. The minimum Gasteiger partial charge on any atom is -0.497 e. The van der Waals surface area contributed by atoms with Crippen molar-refractivity contribution in [3.63, 3.8) is 0 Å². The van der Waals surface area contributed by atoms with Crippen LogP contribution in [0.3, 0.4) is 0 Å². The highest BCUT2D eigenvalue weighted by Gasteiger charge is 2.15. The van der Waals surface area contributed by atoms with Gasteiger partial charge in [0.15, 0.2) is 5.78 Å². The van der Waals surface area contributed by atoms with Crippen LogP contribution in [0.15, 0.2) is 60.7 Å². The quantitative estimate of drug-likeness (QED) is 0.665. The Kier molecular flexibility index (Phi) is 4.24. The Morgan fingerprint density at radius 1 is 1.09 bits per heavy atom. The Hall–Kier alpha value is -2.88. The van der Waals surface area contributed by atoms with E-state index in [1.165, 1.54) is 0 Å². The second kappa shape index (κ2) is 6.48. The van der Waals surface area contributed by atoms with Crippen LogP contribution >= 0.6 is 0 Å². The molecule has 23 heavy (non-hydrogen) atoms. The van der Waals surface area contributed by atoms with Gasteiger partial charge in [0.25, 0.3) is 0 Å². The number of ketones is 1. The number of methoxy groups -OCH3 is 1. The molecule has 1 aromatic heterocycles. The fraction of sp³-hybridized carbons (Fsp3) is 0.158. The highest BCUT2D eigenvalue weighted by molar-refractivity contribution is 5.95. The molecule has 0 atom stereocenters. The summed E-state index contributed by atoms with van der Waals surface area (Å²) in [6.07, 6.45) is 0.438. The summed E-state index contributed by atoms with van der Waals surface area (Å²) in [5.74, 6) is 0.832. The third kappa shape index (κ3) is 3.01. The van der Waals surface area contributed by atoms with E-state index in [9.17, 15) is 4.79 Å². The van der Waals surface area contributed by atoms with Crippen molar-refractivity contribution in [2.75, 3.05) is 7.11 Å². The maximum atomic E-state index is 12.0.